The summed E-state index contributed by atoms with van der Waals surface area (Å²) >= 11 is 0. The number of fused-ring (bicyclic) bond motifs is 1. The van der Waals surface area contributed by atoms with Crippen molar-refractivity contribution in [3.05, 3.63) is 35.5 Å². The maximum absolute atomic E-state index is 13.3. The summed E-state index contributed by atoms with van der Waals surface area (Å²) in [4.78, 5) is 0. The van der Waals surface area contributed by atoms with E-state index in [1.165, 1.54) is 5.57 Å². The first-order valence-corrected chi connectivity index (χ1v) is 15.1. The van der Waals surface area contributed by atoms with Gasteiger partial charge in [0.25, 0.3) is 5.60 Å². The highest BCUT2D eigenvalue weighted by Gasteiger charge is 2.69. The van der Waals surface area contributed by atoms with Gasteiger partial charge in [0.05, 0.1) is 17.8 Å². The number of allylic oxidation sites excluding steroid dienone is 4. The van der Waals surface area contributed by atoms with Crippen molar-refractivity contribution in [1.29, 1.82) is 0 Å². The van der Waals surface area contributed by atoms with E-state index in [2.05, 4.69) is 13.0 Å². The van der Waals surface area contributed by atoms with Crippen molar-refractivity contribution < 1.29 is 46.8 Å². The summed E-state index contributed by atoms with van der Waals surface area (Å²) in [5.41, 5.74) is -4.53. The van der Waals surface area contributed by atoms with Crippen LogP contribution in [0.4, 0.5) is 26.3 Å². The molecule has 3 rings (SSSR count). The molecule has 0 aromatic rings. The Balaban J connectivity index is 1.91. The van der Waals surface area contributed by atoms with Crippen molar-refractivity contribution in [3.8, 4) is 0 Å². The Bertz CT molecular complexity index is 997. The van der Waals surface area contributed by atoms with Crippen molar-refractivity contribution in [2.24, 2.45) is 22.7 Å². The Morgan fingerprint density at radius 3 is 2.02 bits per heavy atom. The molecule has 2 unspecified atom stereocenters. The topological polar surface area (TPSA) is 80.9 Å². The Kier molecular flexibility index (Phi) is 10.5. The second kappa shape index (κ2) is 12.6. The van der Waals surface area contributed by atoms with Gasteiger partial charge >= 0.3 is 12.4 Å². The molecular weight excluding hydrogens is 562 g/mol. The molecule has 4 nitrogen and oxygen atoms in total. The maximum Gasteiger partial charge on any atom is 0.429 e. The number of rotatable bonds is 9. The van der Waals surface area contributed by atoms with Gasteiger partial charge in [0, 0.05) is 0 Å². The standard InChI is InChI=1S/C32H48F6O4/c1-27(2,41)13-6-14-28(3,15-7-17-30(42,31(33,34)35)32(36,37)38)26-12-11-25-22(8-5-16-29(25,26)4)10-9-21-18-23(39)20-24(40)19-21/h7,9-10,17,23-26,39-42H,5-6,8,11-16,18-20H2,1-4H3/t23-,24-,25?,26?,28-,29+/m1/s1. The van der Waals surface area contributed by atoms with Crippen molar-refractivity contribution in [3.63, 3.8) is 0 Å². The van der Waals surface area contributed by atoms with Gasteiger partial charge in [-0.25, -0.2) is 0 Å². The predicted octanol–water partition coefficient (Wildman–Crippen LogP) is 7.71. The van der Waals surface area contributed by atoms with Crippen LogP contribution < -0.4 is 0 Å². The number of alkyl halides is 6. The van der Waals surface area contributed by atoms with Crippen LogP contribution in [-0.2, 0) is 0 Å². The van der Waals surface area contributed by atoms with Crippen LogP contribution in [0.1, 0.15) is 105 Å². The first-order valence-electron chi connectivity index (χ1n) is 15.1. The fraction of sp³-hybridized carbons (Fsp3) is 0.812. The van der Waals surface area contributed by atoms with Gasteiger partial charge in [-0.05, 0) is 113 Å². The second-order valence-electron chi connectivity index (χ2n) is 14.2. The van der Waals surface area contributed by atoms with E-state index in [9.17, 15) is 46.8 Å². The number of hydrogen-bond acceptors (Lipinski definition) is 4. The Morgan fingerprint density at radius 1 is 0.881 bits per heavy atom. The fourth-order valence-electron chi connectivity index (χ4n) is 8.11. The summed E-state index contributed by atoms with van der Waals surface area (Å²) in [6.45, 7) is 7.44. The highest BCUT2D eigenvalue weighted by Crippen LogP contribution is 2.64. The van der Waals surface area contributed by atoms with Crippen molar-refractivity contribution in [1.82, 2.24) is 0 Å². The predicted molar refractivity (Wildman–Crippen MR) is 149 cm³/mol. The first-order chi connectivity index (χ1) is 19.1. The van der Waals surface area contributed by atoms with Crippen molar-refractivity contribution >= 4 is 0 Å². The Labute approximate surface area is 245 Å². The minimum absolute atomic E-state index is 0.000925. The van der Waals surface area contributed by atoms with Crippen LogP contribution in [0.2, 0.25) is 0 Å². The van der Waals surface area contributed by atoms with Crippen LogP contribution in [-0.4, -0.2) is 56.2 Å². The third kappa shape index (κ3) is 7.83. The van der Waals surface area contributed by atoms with E-state index < -0.39 is 41.2 Å². The van der Waals surface area contributed by atoms with Gasteiger partial charge in [-0.2, -0.15) is 26.3 Å². The highest BCUT2D eigenvalue weighted by atomic mass is 19.4. The van der Waals surface area contributed by atoms with Crippen molar-refractivity contribution in [2.45, 2.75) is 141 Å². The lowest BCUT2D eigenvalue weighted by Crippen LogP contribution is -2.55. The van der Waals surface area contributed by atoms with E-state index in [0.717, 1.165) is 43.8 Å². The maximum atomic E-state index is 13.3. The molecule has 242 valence electrons. The van der Waals surface area contributed by atoms with Crippen molar-refractivity contribution in [2.75, 3.05) is 0 Å². The van der Waals surface area contributed by atoms with Crippen LogP contribution in [0.3, 0.4) is 0 Å². The molecule has 0 amide bonds. The summed E-state index contributed by atoms with van der Waals surface area (Å²) in [5.74, 6) is 0.201. The largest absolute Gasteiger partial charge is 0.429 e. The molecule has 42 heavy (non-hydrogen) atoms. The van der Waals surface area contributed by atoms with E-state index in [1.54, 1.807) is 13.8 Å². The van der Waals surface area contributed by atoms with Gasteiger partial charge in [0.1, 0.15) is 0 Å². The molecule has 0 aromatic heterocycles. The number of halogens is 6. The van der Waals surface area contributed by atoms with Gasteiger partial charge in [-0.1, -0.05) is 49.6 Å². The number of aliphatic hydroxyl groups is 4. The molecule has 10 heteroatoms. The molecule has 3 aliphatic rings. The zero-order valence-electron chi connectivity index (χ0n) is 25.2. The van der Waals surface area contributed by atoms with E-state index in [-0.39, 0.29) is 29.7 Å². The molecule has 0 radical (unpaired) electrons. The van der Waals surface area contributed by atoms with Crippen LogP contribution >= 0.6 is 0 Å². The number of aliphatic hydroxyl groups excluding tert-OH is 2. The minimum atomic E-state index is -5.91. The summed E-state index contributed by atoms with van der Waals surface area (Å²) < 4.78 is 80.1. The molecule has 4 N–H and O–H groups in total. The smallest absolute Gasteiger partial charge is 0.393 e. The summed E-state index contributed by atoms with van der Waals surface area (Å²) in [6, 6.07) is 0. The minimum Gasteiger partial charge on any atom is -0.393 e. The third-order valence-corrected chi connectivity index (χ3v) is 10.2. The van der Waals surface area contributed by atoms with Crippen LogP contribution in [0, 0.1) is 22.7 Å². The normalized spacial score (nSPS) is 32.3. The molecule has 3 aliphatic carbocycles. The highest BCUT2D eigenvalue weighted by molar-refractivity contribution is 5.27. The molecule has 6 atom stereocenters. The summed E-state index contributed by atoms with van der Waals surface area (Å²) in [6.07, 6.45) is -1.06. The zero-order valence-corrected chi connectivity index (χ0v) is 25.2. The zero-order chi connectivity index (χ0) is 31.8. The monoisotopic (exact) mass is 610 g/mol. The molecular formula is C32H48F6O4. The van der Waals surface area contributed by atoms with Crippen LogP contribution in [0.15, 0.2) is 35.5 Å². The summed E-state index contributed by atoms with van der Waals surface area (Å²) in [5, 5.41) is 40.1. The lowest BCUT2D eigenvalue weighted by Gasteiger charge is -2.49. The van der Waals surface area contributed by atoms with E-state index >= 15 is 0 Å². The lowest BCUT2D eigenvalue weighted by molar-refractivity contribution is -0.347. The number of hydrogen-bond donors (Lipinski definition) is 4. The Morgan fingerprint density at radius 2 is 1.48 bits per heavy atom. The average Bonchev–Trinajstić information content (AvgIpc) is 3.18. The molecule has 0 heterocycles. The van der Waals surface area contributed by atoms with Gasteiger partial charge in [0.2, 0.25) is 0 Å². The van der Waals surface area contributed by atoms with Gasteiger partial charge in [0.15, 0.2) is 0 Å². The quantitative estimate of drug-likeness (QED) is 0.159. The third-order valence-electron chi connectivity index (χ3n) is 10.2. The molecule has 0 bridgehead atoms. The summed E-state index contributed by atoms with van der Waals surface area (Å²) in [7, 11) is 0. The SMILES string of the molecule is CC(C)(O)CCC[C@](C)(CC=CC(O)(C(F)(F)F)C(F)(F)F)C1CCC2C(=CC=C3C[C@@H](O)C[C@H](O)C3)CCC[C@@]21C. The first kappa shape index (κ1) is 35.1. The van der Waals surface area contributed by atoms with Crippen LogP contribution in [0.5, 0.6) is 0 Å². The molecule has 0 aliphatic heterocycles. The van der Waals surface area contributed by atoms with Crippen LogP contribution in [0.25, 0.3) is 0 Å². The fourth-order valence-corrected chi connectivity index (χ4v) is 8.11. The lowest BCUT2D eigenvalue weighted by atomic mass is 9.55. The van der Waals surface area contributed by atoms with E-state index in [0.29, 0.717) is 38.5 Å². The molecule has 0 aromatic carbocycles. The Hall–Kier alpha value is -1.36. The molecule has 3 fully saturated rings. The second-order valence-corrected chi connectivity index (χ2v) is 14.2. The van der Waals surface area contributed by atoms with Gasteiger partial charge in [-0.3, -0.25) is 0 Å². The molecule has 0 spiro atoms. The van der Waals surface area contributed by atoms with E-state index in [1.807, 2.05) is 13.0 Å². The molecule has 3 saturated carbocycles. The van der Waals surface area contributed by atoms with Gasteiger partial charge < -0.3 is 20.4 Å². The molecule has 0 saturated heterocycles. The van der Waals surface area contributed by atoms with E-state index in [4.69, 9.17) is 0 Å². The van der Waals surface area contributed by atoms with Gasteiger partial charge in [-0.15, -0.1) is 0 Å². The average molecular weight is 611 g/mol.